The maximum atomic E-state index is 6.04. The Balaban J connectivity index is 1.54. The Morgan fingerprint density at radius 3 is 2.50 bits per heavy atom. The van der Waals surface area contributed by atoms with Crippen LogP contribution in [0.25, 0.3) is 0 Å². The van der Waals surface area contributed by atoms with E-state index in [2.05, 4.69) is 46.5 Å². The van der Waals surface area contributed by atoms with Gasteiger partial charge in [0.25, 0.3) is 0 Å². The van der Waals surface area contributed by atoms with E-state index in [-0.39, 0.29) is 6.04 Å². The van der Waals surface area contributed by atoms with E-state index in [0.717, 1.165) is 36.5 Å². The van der Waals surface area contributed by atoms with Gasteiger partial charge in [0.15, 0.2) is 5.11 Å². The van der Waals surface area contributed by atoms with Gasteiger partial charge in [-0.05, 0) is 63.0 Å². The maximum Gasteiger partial charge on any atom is 0.234 e. The van der Waals surface area contributed by atoms with Crippen molar-refractivity contribution in [3.05, 3.63) is 72.3 Å². The van der Waals surface area contributed by atoms with Crippen molar-refractivity contribution >= 4 is 29.1 Å². The van der Waals surface area contributed by atoms with Crippen LogP contribution in [-0.2, 0) is 0 Å². The van der Waals surface area contributed by atoms with Crippen LogP contribution in [0.1, 0.15) is 44.7 Å². The second-order valence-corrected chi connectivity index (χ2v) is 8.48. The van der Waals surface area contributed by atoms with Crippen molar-refractivity contribution in [3.63, 3.8) is 0 Å². The molecule has 2 atom stereocenters. The molecule has 4 rings (SSSR count). The lowest BCUT2D eigenvalue weighted by molar-refractivity contribution is 0.457. The van der Waals surface area contributed by atoms with Crippen molar-refractivity contribution in [1.29, 1.82) is 0 Å². The maximum absolute atomic E-state index is 6.04. The van der Waals surface area contributed by atoms with Crippen LogP contribution >= 0.6 is 12.2 Å². The van der Waals surface area contributed by atoms with Crippen LogP contribution in [-0.4, -0.2) is 27.7 Å². The van der Waals surface area contributed by atoms with E-state index in [1.807, 2.05) is 54.6 Å². The van der Waals surface area contributed by atoms with Crippen molar-refractivity contribution in [3.8, 4) is 11.6 Å². The number of thiocarbonyl (C=S) groups is 1. The third-order valence-electron chi connectivity index (χ3n) is 5.62. The fourth-order valence-electron chi connectivity index (χ4n) is 3.88. The molecule has 2 N–H and O–H groups in total. The van der Waals surface area contributed by atoms with Gasteiger partial charge in [0, 0.05) is 18.7 Å². The third kappa shape index (κ3) is 5.73. The summed E-state index contributed by atoms with van der Waals surface area (Å²) in [6.07, 6.45) is 3.54. The van der Waals surface area contributed by atoms with Crippen molar-refractivity contribution in [2.24, 2.45) is 0 Å². The first-order valence-corrected chi connectivity index (χ1v) is 11.5. The predicted molar refractivity (Wildman–Crippen MR) is 133 cm³/mol. The smallest absolute Gasteiger partial charge is 0.234 e. The van der Waals surface area contributed by atoms with Gasteiger partial charge in [-0.1, -0.05) is 48.5 Å². The van der Waals surface area contributed by atoms with Crippen molar-refractivity contribution < 1.29 is 4.74 Å². The highest BCUT2D eigenvalue weighted by Crippen LogP contribution is 2.28. The number of hydrogen-bond acceptors (Lipinski definition) is 5. The van der Waals surface area contributed by atoms with E-state index in [0.29, 0.717) is 23.0 Å². The van der Waals surface area contributed by atoms with Crippen molar-refractivity contribution in [1.82, 2.24) is 15.3 Å². The molecule has 2 heterocycles. The summed E-state index contributed by atoms with van der Waals surface area (Å²) in [7, 11) is 0. The Morgan fingerprint density at radius 1 is 1.06 bits per heavy atom. The fraction of sp³-hybridized carbons (Fsp3) is 0.320. The summed E-state index contributed by atoms with van der Waals surface area (Å²) < 4.78 is 6.04. The van der Waals surface area contributed by atoms with Gasteiger partial charge < -0.3 is 20.3 Å². The first-order chi connectivity index (χ1) is 15.6. The fourth-order valence-corrected chi connectivity index (χ4v) is 4.14. The van der Waals surface area contributed by atoms with Gasteiger partial charge in [-0.3, -0.25) is 0 Å². The lowest BCUT2D eigenvalue weighted by Gasteiger charge is -2.34. The second kappa shape index (κ2) is 10.4. The van der Waals surface area contributed by atoms with Crippen LogP contribution < -0.4 is 20.3 Å². The summed E-state index contributed by atoms with van der Waals surface area (Å²) in [4.78, 5) is 11.7. The summed E-state index contributed by atoms with van der Waals surface area (Å²) in [5, 5.41) is 6.93. The van der Waals surface area contributed by atoms with Crippen LogP contribution in [0.4, 0.5) is 11.8 Å². The molecule has 2 aromatic carbocycles. The first-order valence-electron chi connectivity index (χ1n) is 11.1. The second-order valence-electron chi connectivity index (χ2n) is 8.07. The summed E-state index contributed by atoms with van der Waals surface area (Å²) in [6, 6.07) is 22.2. The monoisotopic (exact) mass is 447 g/mol. The zero-order valence-corrected chi connectivity index (χ0v) is 19.3. The van der Waals surface area contributed by atoms with Gasteiger partial charge >= 0.3 is 0 Å². The van der Waals surface area contributed by atoms with Gasteiger partial charge in [-0.2, -0.15) is 9.97 Å². The number of ether oxygens (including phenoxy) is 1. The van der Waals surface area contributed by atoms with Gasteiger partial charge in [0.05, 0.1) is 6.04 Å². The zero-order chi connectivity index (χ0) is 22.3. The number of nitrogens with zero attached hydrogens (tertiary/aromatic N) is 3. The van der Waals surface area contributed by atoms with Crippen LogP contribution in [0.15, 0.2) is 66.7 Å². The number of hydrogen-bond donors (Lipinski definition) is 2. The molecule has 6 nitrogen and oxygen atoms in total. The third-order valence-corrected chi connectivity index (χ3v) is 5.84. The summed E-state index contributed by atoms with van der Waals surface area (Å²) in [5.74, 6) is 2.48. The molecule has 3 aromatic rings. The highest BCUT2D eigenvalue weighted by Gasteiger charge is 2.22. The first kappa shape index (κ1) is 22.0. The Morgan fingerprint density at radius 2 is 1.78 bits per heavy atom. The predicted octanol–water partition coefficient (Wildman–Crippen LogP) is 5.70. The Hall–Kier alpha value is -3.19. The normalized spacial score (nSPS) is 16.8. The molecule has 0 radical (unpaired) electrons. The number of anilines is 2. The minimum Gasteiger partial charge on any atom is -0.439 e. The minimum atomic E-state index is 0.0570. The van der Waals surface area contributed by atoms with Gasteiger partial charge in [-0.25, -0.2) is 0 Å². The molecular weight excluding hydrogens is 418 g/mol. The Bertz CT molecular complexity index is 1030. The molecule has 1 aromatic heterocycles. The molecule has 166 valence electrons. The highest BCUT2D eigenvalue weighted by atomic mass is 32.1. The van der Waals surface area contributed by atoms with E-state index in [9.17, 15) is 0 Å². The molecule has 0 spiro atoms. The number of benzene rings is 2. The minimum absolute atomic E-state index is 0.0570. The van der Waals surface area contributed by atoms with E-state index in [1.54, 1.807) is 0 Å². The van der Waals surface area contributed by atoms with Gasteiger partial charge in [0.1, 0.15) is 11.6 Å². The number of aromatic nitrogens is 2. The largest absolute Gasteiger partial charge is 0.439 e. The molecule has 32 heavy (non-hydrogen) atoms. The number of rotatable bonds is 6. The van der Waals surface area contributed by atoms with Gasteiger partial charge in [0.2, 0.25) is 11.8 Å². The number of piperidine rings is 1. The van der Waals surface area contributed by atoms with Crippen LogP contribution in [0.2, 0.25) is 0 Å². The molecule has 1 fully saturated rings. The Kier molecular flexibility index (Phi) is 7.17. The lowest BCUT2D eigenvalue weighted by Crippen LogP contribution is -2.38. The zero-order valence-electron chi connectivity index (χ0n) is 18.5. The molecule has 0 amide bonds. The molecule has 1 aliphatic heterocycles. The molecule has 0 unspecified atom stereocenters. The van der Waals surface area contributed by atoms with Crippen LogP contribution in [0.3, 0.4) is 0 Å². The molecule has 7 heteroatoms. The van der Waals surface area contributed by atoms with E-state index >= 15 is 0 Å². The molecule has 1 saturated heterocycles. The molecule has 0 saturated carbocycles. The van der Waals surface area contributed by atoms with E-state index < -0.39 is 0 Å². The summed E-state index contributed by atoms with van der Waals surface area (Å²) in [5.41, 5.74) is 1.15. The molecular formula is C25H29N5OS. The highest BCUT2D eigenvalue weighted by molar-refractivity contribution is 7.80. The van der Waals surface area contributed by atoms with Crippen molar-refractivity contribution in [2.75, 3.05) is 16.8 Å². The standard InChI is InChI=1S/C25H29N5OS/c1-18-11-9-10-16-30(18)22-17-23(31-21-14-7-4-8-15-21)28-24(27-22)29-25(32)26-19(2)20-12-5-3-6-13-20/h3-8,12-15,17-19H,9-11,16H2,1-2H3,(H2,26,27,28,29,32)/t18-,19-/m0/s1. The van der Waals surface area contributed by atoms with E-state index in [1.165, 1.54) is 6.42 Å². The summed E-state index contributed by atoms with van der Waals surface area (Å²) in [6.45, 7) is 5.27. The van der Waals surface area contributed by atoms with E-state index in [4.69, 9.17) is 21.9 Å². The molecule has 0 aliphatic carbocycles. The summed E-state index contributed by atoms with van der Waals surface area (Å²) >= 11 is 5.55. The van der Waals surface area contributed by atoms with Crippen LogP contribution in [0, 0.1) is 0 Å². The van der Waals surface area contributed by atoms with Crippen LogP contribution in [0.5, 0.6) is 11.6 Å². The SMILES string of the molecule is C[C@H](NC(=S)Nc1nc(Oc2ccccc2)cc(N2CCCC[C@@H]2C)n1)c1ccccc1. The molecule has 0 bridgehead atoms. The topological polar surface area (TPSA) is 62.3 Å². The number of nitrogens with one attached hydrogen (secondary N) is 2. The van der Waals surface area contributed by atoms with Crippen molar-refractivity contribution in [2.45, 2.75) is 45.2 Å². The average molecular weight is 448 g/mol. The number of para-hydroxylation sites is 1. The Labute approximate surface area is 195 Å². The van der Waals surface area contributed by atoms with Gasteiger partial charge in [-0.15, -0.1) is 0 Å². The molecule has 1 aliphatic rings. The lowest BCUT2D eigenvalue weighted by atomic mass is 10.0. The quantitative estimate of drug-likeness (QED) is 0.470. The average Bonchev–Trinajstić information content (AvgIpc) is 2.80.